The van der Waals surface area contributed by atoms with Crippen molar-refractivity contribution in [2.24, 2.45) is 0 Å². The summed E-state index contributed by atoms with van der Waals surface area (Å²) >= 11 is 1.63. The molecule has 0 aliphatic heterocycles. The van der Waals surface area contributed by atoms with Gasteiger partial charge in [0, 0.05) is 12.9 Å². The van der Waals surface area contributed by atoms with Crippen molar-refractivity contribution in [1.82, 2.24) is 5.32 Å². The Kier molecular flexibility index (Phi) is 8.20. The van der Waals surface area contributed by atoms with E-state index in [1.807, 2.05) is 32.9 Å². The summed E-state index contributed by atoms with van der Waals surface area (Å²) < 4.78 is 10.5. The van der Waals surface area contributed by atoms with Crippen LogP contribution in [0.3, 0.4) is 0 Å². The summed E-state index contributed by atoms with van der Waals surface area (Å²) in [4.78, 5) is 14.1. The lowest BCUT2D eigenvalue weighted by Crippen LogP contribution is -2.40. The van der Waals surface area contributed by atoms with Crippen molar-refractivity contribution < 1.29 is 15.4 Å². The van der Waals surface area contributed by atoms with Gasteiger partial charge < -0.3 is 14.5 Å². The minimum Gasteiger partial charge on any atom is -0.468 e. The highest BCUT2D eigenvalue weighted by molar-refractivity contribution is 8.01. The summed E-state index contributed by atoms with van der Waals surface area (Å²) in [5.74, 6) is 0.815. The van der Waals surface area contributed by atoms with E-state index in [1.165, 1.54) is 5.56 Å². The number of nitrogens with one attached hydrogen (secondary N) is 1. The SMILES string of the molecule is CCCC(CC)(Sc1ccc(CNCc2ccco2)cc1)C(=O)OC(C)(C)C.[HH]. The Balaban J connectivity index is 0.00000420. The molecule has 4 nitrogen and oxygen atoms in total. The number of carbonyl (C=O) groups excluding carboxylic acids is 1. The molecule has 156 valence electrons. The predicted molar refractivity (Wildman–Crippen MR) is 117 cm³/mol. The van der Waals surface area contributed by atoms with Gasteiger partial charge >= 0.3 is 5.97 Å². The fourth-order valence-electron chi connectivity index (χ4n) is 3.01. The van der Waals surface area contributed by atoms with Gasteiger partial charge in [-0.05, 0) is 63.4 Å². The third kappa shape index (κ3) is 6.71. The smallest absolute Gasteiger partial charge is 0.323 e. The molecule has 1 atom stereocenters. The number of esters is 1. The second kappa shape index (κ2) is 10.2. The maximum Gasteiger partial charge on any atom is 0.323 e. The predicted octanol–water partition coefficient (Wildman–Crippen LogP) is 6.20. The van der Waals surface area contributed by atoms with Crippen LogP contribution in [0.1, 0.15) is 66.6 Å². The quantitative estimate of drug-likeness (QED) is 0.377. The molecule has 0 aliphatic rings. The van der Waals surface area contributed by atoms with E-state index in [0.29, 0.717) is 6.54 Å². The summed E-state index contributed by atoms with van der Waals surface area (Å²) in [6, 6.07) is 12.3. The van der Waals surface area contributed by atoms with Crippen molar-refractivity contribution in [2.45, 2.75) is 82.2 Å². The zero-order chi connectivity index (χ0) is 20.6. The van der Waals surface area contributed by atoms with E-state index in [2.05, 4.69) is 43.4 Å². The molecule has 1 unspecified atom stereocenters. The molecule has 0 bridgehead atoms. The van der Waals surface area contributed by atoms with Crippen LogP contribution in [0.2, 0.25) is 0 Å². The van der Waals surface area contributed by atoms with Gasteiger partial charge in [0.05, 0.1) is 12.8 Å². The van der Waals surface area contributed by atoms with Crippen molar-refractivity contribution in [3.8, 4) is 0 Å². The van der Waals surface area contributed by atoms with E-state index in [-0.39, 0.29) is 7.40 Å². The van der Waals surface area contributed by atoms with E-state index >= 15 is 0 Å². The molecule has 28 heavy (non-hydrogen) atoms. The van der Waals surface area contributed by atoms with Gasteiger partial charge in [-0.25, -0.2) is 0 Å². The fraction of sp³-hybridized carbons (Fsp3) is 0.522. The topological polar surface area (TPSA) is 51.5 Å². The molecule has 0 aliphatic carbocycles. The molecule has 1 N–H and O–H groups in total. The minimum atomic E-state index is -0.541. The lowest BCUT2D eigenvalue weighted by molar-refractivity contribution is -0.158. The molecule has 0 fully saturated rings. The lowest BCUT2D eigenvalue weighted by Gasteiger charge is -2.33. The monoisotopic (exact) mass is 405 g/mol. The average Bonchev–Trinajstić information content (AvgIpc) is 3.14. The summed E-state index contributed by atoms with van der Waals surface area (Å²) in [6.07, 6.45) is 4.17. The molecule has 0 spiro atoms. The molecule has 0 saturated carbocycles. The highest BCUT2D eigenvalue weighted by Crippen LogP contribution is 2.41. The van der Waals surface area contributed by atoms with Crippen LogP contribution in [0, 0.1) is 0 Å². The second-order valence-electron chi connectivity index (χ2n) is 8.03. The van der Waals surface area contributed by atoms with Gasteiger partial charge in [-0.15, -0.1) is 11.8 Å². The van der Waals surface area contributed by atoms with Crippen LogP contribution in [0.25, 0.3) is 0 Å². The standard InChI is InChI=1S/C23H33NO3S.H2/c1-6-14-23(7-2,21(25)27-22(3,4)5)28-20-12-10-18(11-13-20)16-24-17-19-9-8-15-26-19;/h8-13,15,24H,6-7,14,16-17H2,1-5H3;1H. The zero-order valence-electron chi connectivity index (χ0n) is 17.7. The lowest BCUT2D eigenvalue weighted by atomic mass is 9.99. The van der Waals surface area contributed by atoms with E-state index < -0.39 is 10.3 Å². The number of furan rings is 1. The van der Waals surface area contributed by atoms with Gasteiger partial charge in [-0.2, -0.15) is 0 Å². The number of hydrogen-bond acceptors (Lipinski definition) is 5. The maximum absolute atomic E-state index is 13.0. The molecule has 2 rings (SSSR count). The van der Waals surface area contributed by atoms with Crippen molar-refractivity contribution in [3.05, 3.63) is 54.0 Å². The van der Waals surface area contributed by atoms with Gasteiger partial charge in [-0.3, -0.25) is 4.79 Å². The van der Waals surface area contributed by atoms with E-state index in [0.717, 1.165) is 36.5 Å². The Hall–Kier alpha value is -1.72. The average molecular weight is 406 g/mol. The van der Waals surface area contributed by atoms with E-state index in [9.17, 15) is 4.79 Å². The summed E-state index contributed by atoms with van der Waals surface area (Å²) in [5, 5.41) is 3.37. The minimum absolute atomic E-state index is 0. The summed E-state index contributed by atoms with van der Waals surface area (Å²) in [7, 11) is 0. The number of hydrogen-bond donors (Lipinski definition) is 1. The molecule has 0 saturated heterocycles. The second-order valence-corrected chi connectivity index (χ2v) is 9.49. The van der Waals surface area contributed by atoms with Gasteiger partial charge in [-0.1, -0.05) is 32.4 Å². The van der Waals surface area contributed by atoms with E-state index in [1.54, 1.807) is 18.0 Å². The highest BCUT2D eigenvalue weighted by Gasteiger charge is 2.40. The Morgan fingerprint density at radius 3 is 2.39 bits per heavy atom. The number of ether oxygens (including phenoxy) is 1. The number of thioether (sulfide) groups is 1. The molecule has 0 radical (unpaired) electrons. The van der Waals surface area contributed by atoms with Crippen molar-refractivity contribution in [2.75, 3.05) is 0 Å². The molecule has 1 aromatic carbocycles. The Labute approximate surface area is 174 Å². The number of rotatable bonds is 10. The van der Waals surface area contributed by atoms with Gasteiger partial charge in [0.2, 0.25) is 0 Å². The third-order valence-corrected chi connectivity index (χ3v) is 6.00. The first-order chi connectivity index (χ1) is 13.3. The fourth-order valence-corrected chi connectivity index (χ4v) is 4.31. The third-order valence-electron chi connectivity index (χ3n) is 4.44. The molecule has 1 heterocycles. The molecule has 2 aromatic rings. The van der Waals surface area contributed by atoms with Gasteiger partial charge in [0.1, 0.15) is 16.1 Å². The molecule has 5 heteroatoms. The summed E-state index contributed by atoms with van der Waals surface area (Å²) in [6.45, 7) is 11.4. The largest absolute Gasteiger partial charge is 0.468 e. The molecular formula is C23H35NO3S. The van der Waals surface area contributed by atoms with Crippen LogP contribution in [-0.2, 0) is 22.6 Å². The van der Waals surface area contributed by atoms with Crippen LogP contribution < -0.4 is 5.32 Å². The first-order valence-corrected chi connectivity index (χ1v) is 10.8. The van der Waals surface area contributed by atoms with Crippen LogP contribution >= 0.6 is 11.8 Å². The first-order valence-electron chi connectivity index (χ1n) is 10.0. The number of carbonyl (C=O) groups is 1. The van der Waals surface area contributed by atoms with Gasteiger partial charge in [0.25, 0.3) is 0 Å². The normalized spacial score (nSPS) is 13.9. The van der Waals surface area contributed by atoms with Crippen molar-refractivity contribution in [3.63, 3.8) is 0 Å². The van der Waals surface area contributed by atoms with E-state index in [4.69, 9.17) is 9.15 Å². The maximum atomic E-state index is 13.0. The van der Waals surface area contributed by atoms with Crippen molar-refractivity contribution in [1.29, 1.82) is 0 Å². The highest BCUT2D eigenvalue weighted by atomic mass is 32.2. The Morgan fingerprint density at radius 2 is 1.86 bits per heavy atom. The molecular weight excluding hydrogens is 370 g/mol. The zero-order valence-corrected chi connectivity index (χ0v) is 18.5. The Morgan fingerprint density at radius 1 is 1.14 bits per heavy atom. The Bertz CT molecular complexity index is 726. The van der Waals surface area contributed by atoms with Crippen LogP contribution in [0.5, 0.6) is 0 Å². The number of benzene rings is 1. The molecule has 1 aromatic heterocycles. The van der Waals surface area contributed by atoms with Crippen LogP contribution in [0.15, 0.2) is 52.0 Å². The van der Waals surface area contributed by atoms with Crippen LogP contribution in [-0.4, -0.2) is 16.3 Å². The summed E-state index contributed by atoms with van der Waals surface area (Å²) in [5.41, 5.74) is 0.723. The molecule has 0 amide bonds. The van der Waals surface area contributed by atoms with Crippen molar-refractivity contribution >= 4 is 17.7 Å². The first kappa shape index (κ1) is 22.6. The van der Waals surface area contributed by atoms with Crippen LogP contribution in [0.4, 0.5) is 0 Å². The van der Waals surface area contributed by atoms with Gasteiger partial charge in [0.15, 0.2) is 0 Å².